The smallest absolute Gasteiger partial charge is 0.257 e. The summed E-state index contributed by atoms with van der Waals surface area (Å²) in [4.78, 5) is 17.3. The maximum Gasteiger partial charge on any atom is 0.257 e. The van der Waals surface area contributed by atoms with Crippen LogP contribution in [0.2, 0.25) is 0 Å². The molecule has 0 fully saturated rings. The molecule has 4 rings (SSSR count). The Morgan fingerprint density at radius 2 is 2.00 bits per heavy atom. The van der Waals surface area contributed by atoms with Crippen molar-refractivity contribution in [2.45, 2.75) is 19.9 Å². The van der Waals surface area contributed by atoms with E-state index < -0.39 is 10.0 Å². The molecule has 8 heteroatoms. The average Bonchev–Trinajstić information content (AvgIpc) is 3.21. The third kappa shape index (κ3) is 3.06. The van der Waals surface area contributed by atoms with Crippen molar-refractivity contribution < 1.29 is 13.2 Å². The number of carbonyl (C=O) groups excluding carboxylic acids is 1. The monoisotopic (exact) mass is 384 g/mol. The zero-order valence-corrected chi connectivity index (χ0v) is 16.0. The van der Waals surface area contributed by atoms with Gasteiger partial charge in [-0.25, -0.2) is 13.4 Å². The third-order valence-electron chi connectivity index (χ3n) is 4.79. The molecule has 2 aromatic carbocycles. The van der Waals surface area contributed by atoms with Crippen molar-refractivity contribution in [1.82, 2.24) is 9.55 Å². The Labute approximate surface area is 157 Å². The summed E-state index contributed by atoms with van der Waals surface area (Å²) < 4.78 is 27.0. The van der Waals surface area contributed by atoms with Gasteiger partial charge in [0.05, 0.1) is 23.0 Å². The van der Waals surface area contributed by atoms with Crippen LogP contribution in [-0.2, 0) is 23.0 Å². The molecule has 140 valence electrons. The fraction of sp³-hybridized carbons (Fsp3) is 0.263. The number of hydrogen-bond donors (Lipinski definition) is 1. The lowest BCUT2D eigenvalue weighted by Crippen LogP contribution is -2.27. The molecule has 1 aliphatic rings. The van der Waals surface area contributed by atoms with Gasteiger partial charge in [0, 0.05) is 18.7 Å². The first-order valence-corrected chi connectivity index (χ1v) is 10.6. The molecule has 0 unspecified atom stereocenters. The maximum atomic E-state index is 12.7. The van der Waals surface area contributed by atoms with Crippen molar-refractivity contribution >= 4 is 38.6 Å². The molecular weight excluding hydrogens is 364 g/mol. The number of hydrogen-bond acceptors (Lipinski definition) is 4. The Morgan fingerprint density at radius 3 is 2.74 bits per heavy atom. The second-order valence-electron chi connectivity index (χ2n) is 6.55. The first-order chi connectivity index (χ1) is 12.9. The molecule has 0 radical (unpaired) electrons. The summed E-state index contributed by atoms with van der Waals surface area (Å²) in [6.45, 7) is 3.09. The van der Waals surface area contributed by atoms with Gasteiger partial charge in [0.1, 0.15) is 0 Å². The van der Waals surface area contributed by atoms with E-state index in [4.69, 9.17) is 0 Å². The van der Waals surface area contributed by atoms with Crippen LogP contribution < -0.4 is 9.62 Å². The van der Waals surface area contributed by atoms with E-state index in [0.717, 1.165) is 16.6 Å². The molecular formula is C19H20N4O3S. The lowest BCUT2D eigenvalue weighted by molar-refractivity contribution is 0.102. The second-order valence-corrected chi connectivity index (χ2v) is 8.46. The number of benzene rings is 2. The molecule has 0 aliphatic carbocycles. The molecule has 1 amide bonds. The molecule has 2 heterocycles. The molecule has 27 heavy (non-hydrogen) atoms. The Balaban J connectivity index is 1.64. The van der Waals surface area contributed by atoms with Crippen molar-refractivity contribution in [3.8, 4) is 0 Å². The number of imidazole rings is 1. The van der Waals surface area contributed by atoms with Gasteiger partial charge in [0.2, 0.25) is 16.0 Å². The molecule has 0 atom stereocenters. The summed E-state index contributed by atoms with van der Waals surface area (Å²) in [5, 5.41) is 2.88. The predicted molar refractivity (Wildman–Crippen MR) is 106 cm³/mol. The summed E-state index contributed by atoms with van der Waals surface area (Å²) in [6, 6.07) is 12.8. The van der Waals surface area contributed by atoms with Gasteiger partial charge in [-0.05, 0) is 49.2 Å². The van der Waals surface area contributed by atoms with E-state index in [1.165, 1.54) is 10.6 Å². The minimum absolute atomic E-state index is 0.263. The summed E-state index contributed by atoms with van der Waals surface area (Å²) >= 11 is 0. The minimum Gasteiger partial charge on any atom is -0.310 e. The van der Waals surface area contributed by atoms with Gasteiger partial charge in [-0.15, -0.1) is 0 Å². The Hall–Kier alpha value is -2.87. The van der Waals surface area contributed by atoms with Crippen LogP contribution in [0.25, 0.3) is 11.0 Å². The van der Waals surface area contributed by atoms with Crippen LogP contribution in [0.15, 0.2) is 42.5 Å². The average molecular weight is 384 g/mol. The maximum absolute atomic E-state index is 12.7. The van der Waals surface area contributed by atoms with Crippen molar-refractivity contribution in [3.63, 3.8) is 0 Å². The Kier molecular flexibility index (Phi) is 4.15. The topological polar surface area (TPSA) is 84.3 Å². The van der Waals surface area contributed by atoms with E-state index in [1.807, 2.05) is 35.8 Å². The molecule has 0 saturated carbocycles. The SMILES string of the molecule is CCn1c(NC(=O)c2ccc3c(c2)CCN3S(C)(=O)=O)nc2ccccc21. The number of para-hydroxylation sites is 2. The van der Waals surface area contributed by atoms with Crippen LogP contribution in [0.1, 0.15) is 22.8 Å². The first kappa shape index (κ1) is 17.5. The third-order valence-corrected chi connectivity index (χ3v) is 5.97. The molecule has 0 bridgehead atoms. The van der Waals surface area contributed by atoms with Gasteiger partial charge in [-0.2, -0.15) is 0 Å². The van der Waals surface area contributed by atoms with Crippen LogP contribution in [0.5, 0.6) is 0 Å². The first-order valence-electron chi connectivity index (χ1n) is 8.75. The van der Waals surface area contributed by atoms with Gasteiger partial charge >= 0.3 is 0 Å². The van der Waals surface area contributed by atoms with Gasteiger partial charge in [-0.3, -0.25) is 14.4 Å². The van der Waals surface area contributed by atoms with E-state index in [-0.39, 0.29) is 5.91 Å². The summed E-state index contributed by atoms with van der Waals surface area (Å²) in [5.74, 6) is 0.238. The molecule has 1 N–H and O–H groups in total. The molecule has 7 nitrogen and oxygen atoms in total. The Morgan fingerprint density at radius 1 is 1.22 bits per heavy atom. The van der Waals surface area contributed by atoms with Gasteiger partial charge in [0.15, 0.2) is 0 Å². The number of aryl methyl sites for hydroxylation is 1. The number of carbonyl (C=O) groups is 1. The second kappa shape index (κ2) is 6.38. The van der Waals surface area contributed by atoms with Crippen LogP contribution in [0.3, 0.4) is 0 Å². The number of amides is 1. The predicted octanol–water partition coefficient (Wildman–Crippen LogP) is 2.63. The fourth-order valence-electron chi connectivity index (χ4n) is 3.52. The number of sulfonamides is 1. The van der Waals surface area contributed by atoms with Crippen LogP contribution in [0, 0.1) is 0 Å². The van der Waals surface area contributed by atoms with Crippen LogP contribution in [-0.4, -0.2) is 36.7 Å². The van der Waals surface area contributed by atoms with E-state index in [0.29, 0.717) is 36.7 Å². The van der Waals surface area contributed by atoms with Crippen LogP contribution in [0.4, 0.5) is 11.6 Å². The molecule has 0 spiro atoms. The highest BCUT2D eigenvalue weighted by molar-refractivity contribution is 7.92. The number of fused-ring (bicyclic) bond motifs is 2. The number of nitrogens with zero attached hydrogens (tertiary/aromatic N) is 3. The summed E-state index contributed by atoms with van der Waals surface area (Å²) in [6.07, 6.45) is 1.79. The standard InChI is InChI=1S/C19H20N4O3S/c1-3-22-17-7-5-4-6-15(17)20-19(22)21-18(24)14-8-9-16-13(12-14)10-11-23(16)27(2,25)26/h4-9,12H,3,10-11H2,1-2H3,(H,20,21,24). The van der Waals surface area contributed by atoms with E-state index in [9.17, 15) is 13.2 Å². The van der Waals surface area contributed by atoms with Crippen molar-refractivity contribution in [2.75, 3.05) is 22.4 Å². The van der Waals surface area contributed by atoms with Crippen molar-refractivity contribution in [3.05, 3.63) is 53.6 Å². The van der Waals surface area contributed by atoms with Gasteiger partial charge in [0.25, 0.3) is 5.91 Å². The van der Waals surface area contributed by atoms with Crippen molar-refractivity contribution in [1.29, 1.82) is 0 Å². The highest BCUT2D eigenvalue weighted by Crippen LogP contribution is 2.31. The van der Waals surface area contributed by atoms with E-state index in [1.54, 1.807) is 18.2 Å². The number of rotatable bonds is 4. The Bertz CT molecular complexity index is 1150. The summed E-state index contributed by atoms with van der Waals surface area (Å²) in [7, 11) is -3.30. The lowest BCUT2D eigenvalue weighted by atomic mass is 10.1. The molecule has 0 saturated heterocycles. The highest BCUT2D eigenvalue weighted by Gasteiger charge is 2.27. The normalized spacial score (nSPS) is 13.8. The number of nitrogens with one attached hydrogen (secondary N) is 1. The zero-order valence-electron chi connectivity index (χ0n) is 15.1. The van der Waals surface area contributed by atoms with Crippen LogP contribution >= 0.6 is 0 Å². The number of aromatic nitrogens is 2. The minimum atomic E-state index is -3.30. The van der Waals surface area contributed by atoms with Gasteiger partial charge in [-0.1, -0.05) is 12.1 Å². The van der Waals surface area contributed by atoms with E-state index in [2.05, 4.69) is 10.3 Å². The highest BCUT2D eigenvalue weighted by atomic mass is 32.2. The fourth-order valence-corrected chi connectivity index (χ4v) is 4.48. The summed E-state index contributed by atoms with van der Waals surface area (Å²) in [5.41, 5.74) is 3.78. The van der Waals surface area contributed by atoms with Gasteiger partial charge < -0.3 is 4.57 Å². The quantitative estimate of drug-likeness (QED) is 0.749. The van der Waals surface area contributed by atoms with Crippen molar-refractivity contribution in [2.24, 2.45) is 0 Å². The molecule has 1 aliphatic heterocycles. The lowest BCUT2D eigenvalue weighted by Gasteiger charge is -2.16. The number of anilines is 2. The zero-order chi connectivity index (χ0) is 19.2. The molecule has 1 aromatic heterocycles. The van der Waals surface area contributed by atoms with E-state index >= 15 is 0 Å². The largest absolute Gasteiger partial charge is 0.310 e. The molecule has 3 aromatic rings.